The van der Waals surface area contributed by atoms with E-state index in [4.69, 9.17) is 10.5 Å². The molecule has 2 heteroatoms. The molecule has 0 aromatic heterocycles. The minimum absolute atomic E-state index is 0.0462. The molecule has 1 aromatic rings. The quantitative estimate of drug-likeness (QED) is 0.739. The van der Waals surface area contributed by atoms with Crippen molar-refractivity contribution in [2.75, 3.05) is 0 Å². The molecule has 0 saturated heterocycles. The lowest BCUT2D eigenvalue weighted by atomic mass is 9.90. The van der Waals surface area contributed by atoms with Crippen molar-refractivity contribution in [1.82, 2.24) is 0 Å². The third kappa shape index (κ3) is 1.45. The summed E-state index contributed by atoms with van der Waals surface area (Å²) in [7, 11) is 0. The highest BCUT2D eigenvalue weighted by Gasteiger charge is 2.26. The molecular weight excluding hydrogens is 174 g/mol. The molecule has 2 rings (SSSR count). The fraction of sp³-hybridized carbons (Fsp3) is 0.500. The van der Waals surface area contributed by atoms with Gasteiger partial charge in [-0.1, -0.05) is 25.1 Å². The van der Waals surface area contributed by atoms with Crippen molar-refractivity contribution in [3.8, 4) is 0 Å². The molecule has 2 atom stereocenters. The van der Waals surface area contributed by atoms with Crippen LogP contribution in [0, 0.1) is 6.92 Å². The first-order valence-corrected chi connectivity index (χ1v) is 5.19. The molecule has 0 spiro atoms. The van der Waals surface area contributed by atoms with Crippen molar-refractivity contribution >= 4 is 0 Å². The molecular formula is C12H17NO. The maximum absolute atomic E-state index is 6.18. The van der Waals surface area contributed by atoms with Crippen LogP contribution in [-0.4, -0.2) is 6.10 Å². The highest BCUT2D eigenvalue weighted by atomic mass is 16.5. The molecule has 0 saturated carbocycles. The second-order valence-corrected chi connectivity index (χ2v) is 3.93. The van der Waals surface area contributed by atoms with Gasteiger partial charge in [0.15, 0.2) is 0 Å². The van der Waals surface area contributed by atoms with Crippen molar-refractivity contribution in [1.29, 1.82) is 0 Å². The van der Waals surface area contributed by atoms with Crippen molar-refractivity contribution in [2.24, 2.45) is 5.73 Å². The molecule has 2 unspecified atom stereocenters. The number of fused-ring (bicyclic) bond motifs is 1. The number of nitrogens with two attached hydrogens (primary N) is 1. The van der Waals surface area contributed by atoms with Crippen LogP contribution < -0.4 is 5.73 Å². The van der Waals surface area contributed by atoms with Crippen molar-refractivity contribution in [3.05, 3.63) is 34.9 Å². The molecule has 0 fully saturated rings. The van der Waals surface area contributed by atoms with E-state index in [1.807, 2.05) is 0 Å². The molecule has 0 amide bonds. The van der Waals surface area contributed by atoms with E-state index in [-0.39, 0.29) is 12.1 Å². The average molecular weight is 191 g/mol. The highest BCUT2D eigenvalue weighted by Crippen LogP contribution is 2.31. The smallest absolute Gasteiger partial charge is 0.0769 e. The topological polar surface area (TPSA) is 35.2 Å². The Kier molecular flexibility index (Phi) is 2.57. The number of hydrogen-bond donors (Lipinski definition) is 1. The maximum atomic E-state index is 6.18. The van der Waals surface area contributed by atoms with Crippen molar-refractivity contribution in [2.45, 2.75) is 39.0 Å². The predicted molar refractivity (Wildman–Crippen MR) is 57.0 cm³/mol. The SMILES string of the molecule is CCC1OCc2cccc(C)c2C1N. The Bertz CT molecular complexity index is 335. The Morgan fingerprint density at radius 1 is 1.50 bits per heavy atom. The molecule has 0 bridgehead atoms. The van der Waals surface area contributed by atoms with E-state index in [0.717, 1.165) is 6.42 Å². The van der Waals surface area contributed by atoms with Crippen molar-refractivity contribution in [3.63, 3.8) is 0 Å². The minimum atomic E-state index is 0.0462. The summed E-state index contributed by atoms with van der Waals surface area (Å²) >= 11 is 0. The van der Waals surface area contributed by atoms with Crippen LogP contribution in [-0.2, 0) is 11.3 Å². The van der Waals surface area contributed by atoms with Crippen LogP contribution in [0.25, 0.3) is 0 Å². The Morgan fingerprint density at radius 3 is 3.00 bits per heavy atom. The summed E-state index contributed by atoms with van der Waals surface area (Å²) in [6, 6.07) is 6.34. The summed E-state index contributed by atoms with van der Waals surface area (Å²) in [5.74, 6) is 0. The van der Waals surface area contributed by atoms with Gasteiger partial charge in [0, 0.05) is 0 Å². The average Bonchev–Trinajstić information content (AvgIpc) is 2.18. The zero-order chi connectivity index (χ0) is 10.1. The Labute approximate surface area is 85.1 Å². The zero-order valence-electron chi connectivity index (χ0n) is 8.79. The van der Waals surface area contributed by atoms with Crippen LogP contribution in [0.4, 0.5) is 0 Å². The molecule has 2 nitrogen and oxygen atoms in total. The molecule has 1 aromatic carbocycles. The first-order chi connectivity index (χ1) is 6.74. The fourth-order valence-electron chi connectivity index (χ4n) is 2.20. The van der Waals surface area contributed by atoms with E-state index in [2.05, 4.69) is 32.0 Å². The van der Waals surface area contributed by atoms with Crippen LogP contribution in [0.5, 0.6) is 0 Å². The lowest BCUT2D eigenvalue weighted by Crippen LogP contribution is -2.33. The largest absolute Gasteiger partial charge is 0.372 e. The van der Waals surface area contributed by atoms with Gasteiger partial charge >= 0.3 is 0 Å². The number of ether oxygens (including phenoxy) is 1. The molecule has 0 aliphatic carbocycles. The summed E-state index contributed by atoms with van der Waals surface area (Å²) in [4.78, 5) is 0. The first-order valence-electron chi connectivity index (χ1n) is 5.19. The van der Waals surface area contributed by atoms with E-state index in [0.29, 0.717) is 6.61 Å². The van der Waals surface area contributed by atoms with Gasteiger partial charge in [0.2, 0.25) is 0 Å². The first kappa shape index (κ1) is 9.69. The summed E-state index contributed by atoms with van der Waals surface area (Å²) in [5.41, 5.74) is 10.0. The van der Waals surface area contributed by atoms with Gasteiger partial charge in [-0.15, -0.1) is 0 Å². The predicted octanol–water partition coefficient (Wildman–Crippen LogP) is 2.30. The third-order valence-corrected chi connectivity index (χ3v) is 3.00. The normalized spacial score (nSPS) is 25.9. The molecule has 1 aliphatic heterocycles. The van der Waals surface area contributed by atoms with E-state index in [1.165, 1.54) is 16.7 Å². The fourth-order valence-corrected chi connectivity index (χ4v) is 2.20. The molecule has 2 N–H and O–H groups in total. The van der Waals surface area contributed by atoms with E-state index >= 15 is 0 Å². The molecule has 1 heterocycles. The van der Waals surface area contributed by atoms with Crippen LogP contribution in [0.15, 0.2) is 18.2 Å². The maximum Gasteiger partial charge on any atom is 0.0769 e. The number of hydrogen-bond acceptors (Lipinski definition) is 2. The van der Waals surface area contributed by atoms with Crippen LogP contribution in [0.2, 0.25) is 0 Å². The molecule has 1 aliphatic rings. The summed E-state index contributed by atoms with van der Waals surface area (Å²) in [5, 5.41) is 0. The summed E-state index contributed by atoms with van der Waals surface area (Å²) in [6.45, 7) is 4.95. The van der Waals surface area contributed by atoms with E-state index in [1.54, 1.807) is 0 Å². The summed E-state index contributed by atoms with van der Waals surface area (Å²) < 4.78 is 5.70. The Balaban J connectivity index is 2.43. The third-order valence-electron chi connectivity index (χ3n) is 3.00. The van der Waals surface area contributed by atoms with Gasteiger partial charge in [0.05, 0.1) is 18.8 Å². The van der Waals surface area contributed by atoms with Crippen LogP contribution >= 0.6 is 0 Å². The van der Waals surface area contributed by atoms with E-state index in [9.17, 15) is 0 Å². The molecule has 14 heavy (non-hydrogen) atoms. The van der Waals surface area contributed by atoms with Gasteiger partial charge in [0.25, 0.3) is 0 Å². The van der Waals surface area contributed by atoms with Gasteiger partial charge in [0.1, 0.15) is 0 Å². The number of aryl methyl sites for hydroxylation is 1. The van der Waals surface area contributed by atoms with Crippen LogP contribution in [0.1, 0.15) is 36.1 Å². The van der Waals surface area contributed by atoms with Gasteiger partial charge in [-0.05, 0) is 30.0 Å². The lowest BCUT2D eigenvalue weighted by molar-refractivity contribution is 0.00656. The van der Waals surface area contributed by atoms with Crippen LogP contribution in [0.3, 0.4) is 0 Å². The minimum Gasteiger partial charge on any atom is -0.372 e. The molecule has 76 valence electrons. The highest BCUT2D eigenvalue weighted by molar-refractivity contribution is 5.38. The number of rotatable bonds is 1. The lowest BCUT2D eigenvalue weighted by Gasteiger charge is -2.31. The second kappa shape index (κ2) is 3.71. The number of benzene rings is 1. The van der Waals surface area contributed by atoms with Gasteiger partial charge < -0.3 is 10.5 Å². The van der Waals surface area contributed by atoms with Crippen molar-refractivity contribution < 1.29 is 4.74 Å². The monoisotopic (exact) mass is 191 g/mol. The standard InChI is InChI=1S/C12H17NO/c1-3-10-12(13)11-8(2)5-4-6-9(11)7-14-10/h4-6,10,12H,3,7,13H2,1-2H3. The van der Waals surface area contributed by atoms with Gasteiger partial charge in [-0.25, -0.2) is 0 Å². The Morgan fingerprint density at radius 2 is 2.29 bits per heavy atom. The summed E-state index contributed by atoms with van der Waals surface area (Å²) in [6.07, 6.45) is 1.16. The second-order valence-electron chi connectivity index (χ2n) is 3.93. The molecule has 0 radical (unpaired) electrons. The van der Waals surface area contributed by atoms with Gasteiger partial charge in [-0.3, -0.25) is 0 Å². The van der Waals surface area contributed by atoms with Gasteiger partial charge in [-0.2, -0.15) is 0 Å². The zero-order valence-corrected chi connectivity index (χ0v) is 8.79. The Hall–Kier alpha value is -0.860. The van der Waals surface area contributed by atoms with E-state index < -0.39 is 0 Å².